The van der Waals surface area contributed by atoms with E-state index >= 15 is 0 Å². The van der Waals surface area contributed by atoms with E-state index < -0.39 is 0 Å². The Labute approximate surface area is 125 Å². The zero-order valence-corrected chi connectivity index (χ0v) is 12.2. The fraction of sp³-hybridized carbons (Fsp3) is 0.353. The first-order valence-corrected chi connectivity index (χ1v) is 7.38. The Balaban J connectivity index is 1.50. The molecule has 1 aromatic carbocycles. The van der Waals surface area contributed by atoms with E-state index in [0.717, 1.165) is 36.7 Å². The number of para-hydroxylation sites is 1. The van der Waals surface area contributed by atoms with Crippen molar-refractivity contribution in [1.82, 2.24) is 10.3 Å². The van der Waals surface area contributed by atoms with Crippen molar-refractivity contribution in [3.8, 4) is 11.5 Å². The largest absolute Gasteiger partial charge is 0.488 e. The molecule has 2 aromatic rings. The minimum atomic E-state index is 0.0869. The number of benzene rings is 1. The van der Waals surface area contributed by atoms with Gasteiger partial charge in [-0.25, -0.2) is 0 Å². The third kappa shape index (κ3) is 3.52. The number of rotatable bonds is 6. The molecule has 2 heterocycles. The van der Waals surface area contributed by atoms with Crippen LogP contribution in [0.3, 0.4) is 0 Å². The summed E-state index contributed by atoms with van der Waals surface area (Å²) in [5.41, 5.74) is 2.28. The van der Waals surface area contributed by atoms with Crippen LogP contribution in [0.1, 0.15) is 18.2 Å². The van der Waals surface area contributed by atoms with Gasteiger partial charge in [0.05, 0.1) is 11.9 Å². The van der Waals surface area contributed by atoms with E-state index in [1.54, 1.807) is 6.20 Å². The molecule has 0 radical (unpaired) electrons. The molecule has 1 aliphatic rings. The molecule has 0 aliphatic carbocycles. The normalized spacial score (nSPS) is 16.3. The minimum Gasteiger partial charge on any atom is -0.488 e. The van der Waals surface area contributed by atoms with E-state index in [0.29, 0.717) is 6.61 Å². The van der Waals surface area contributed by atoms with E-state index in [1.165, 1.54) is 5.56 Å². The van der Waals surface area contributed by atoms with Crippen molar-refractivity contribution in [2.45, 2.75) is 26.0 Å². The van der Waals surface area contributed by atoms with E-state index in [-0.39, 0.29) is 6.10 Å². The fourth-order valence-corrected chi connectivity index (χ4v) is 2.39. The van der Waals surface area contributed by atoms with Gasteiger partial charge in [-0.2, -0.15) is 0 Å². The number of hydrogen-bond acceptors (Lipinski definition) is 4. The number of nitrogens with zero attached hydrogens (tertiary/aromatic N) is 1. The lowest BCUT2D eigenvalue weighted by atomic mass is 10.1. The molecule has 0 saturated carbocycles. The molecule has 1 aromatic heterocycles. The molecule has 1 aliphatic heterocycles. The second-order valence-corrected chi connectivity index (χ2v) is 5.13. The van der Waals surface area contributed by atoms with Gasteiger partial charge in [0.25, 0.3) is 0 Å². The molecule has 0 amide bonds. The van der Waals surface area contributed by atoms with Gasteiger partial charge in [-0.15, -0.1) is 0 Å². The molecular weight excluding hydrogens is 264 g/mol. The summed E-state index contributed by atoms with van der Waals surface area (Å²) < 4.78 is 11.6. The van der Waals surface area contributed by atoms with Gasteiger partial charge < -0.3 is 14.8 Å². The zero-order chi connectivity index (χ0) is 14.5. The average molecular weight is 284 g/mol. The van der Waals surface area contributed by atoms with Crippen LogP contribution in [0.5, 0.6) is 11.5 Å². The van der Waals surface area contributed by atoms with Crippen molar-refractivity contribution in [3.63, 3.8) is 0 Å². The van der Waals surface area contributed by atoms with Gasteiger partial charge in [0.2, 0.25) is 0 Å². The highest BCUT2D eigenvalue weighted by Crippen LogP contribution is 2.28. The smallest absolute Gasteiger partial charge is 0.137 e. The van der Waals surface area contributed by atoms with E-state index in [9.17, 15) is 0 Å². The molecule has 21 heavy (non-hydrogen) atoms. The van der Waals surface area contributed by atoms with Gasteiger partial charge in [-0.05, 0) is 30.3 Å². The highest BCUT2D eigenvalue weighted by molar-refractivity contribution is 5.37. The summed E-state index contributed by atoms with van der Waals surface area (Å²) >= 11 is 0. The molecule has 4 heteroatoms. The molecular formula is C17H20N2O2. The molecule has 1 N–H and O–H groups in total. The lowest BCUT2D eigenvalue weighted by Gasteiger charge is -2.12. The lowest BCUT2D eigenvalue weighted by Crippen LogP contribution is -2.22. The first-order valence-electron chi connectivity index (χ1n) is 7.38. The molecule has 1 unspecified atom stereocenters. The Morgan fingerprint density at radius 3 is 2.95 bits per heavy atom. The van der Waals surface area contributed by atoms with Crippen molar-refractivity contribution in [3.05, 3.63) is 53.9 Å². The quantitative estimate of drug-likeness (QED) is 0.885. The molecule has 4 nitrogen and oxygen atoms in total. The Hall–Kier alpha value is -2.07. The second-order valence-electron chi connectivity index (χ2n) is 5.13. The summed E-state index contributed by atoms with van der Waals surface area (Å²) in [6, 6.07) is 12.1. The number of fused-ring (bicyclic) bond motifs is 1. The average Bonchev–Trinajstić information content (AvgIpc) is 2.95. The van der Waals surface area contributed by atoms with Crippen molar-refractivity contribution >= 4 is 0 Å². The Morgan fingerprint density at radius 2 is 2.19 bits per heavy atom. The Kier molecular flexibility index (Phi) is 4.36. The van der Waals surface area contributed by atoms with Crippen LogP contribution in [0.25, 0.3) is 0 Å². The SMILES string of the molecule is CCNCc1ccc(OCC2Cc3ccccc3O2)cn1. The minimum absolute atomic E-state index is 0.0869. The van der Waals surface area contributed by atoms with Crippen molar-refractivity contribution in [2.75, 3.05) is 13.2 Å². The van der Waals surface area contributed by atoms with Crippen molar-refractivity contribution in [1.29, 1.82) is 0 Å². The van der Waals surface area contributed by atoms with Crippen LogP contribution >= 0.6 is 0 Å². The zero-order valence-electron chi connectivity index (χ0n) is 12.2. The van der Waals surface area contributed by atoms with Crippen LogP contribution < -0.4 is 14.8 Å². The Morgan fingerprint density at radius 1 is 1.29 bits per heavy atom. The van der Waals surface area contributed by atoms with E-state index in [1.807, 2.05) is 30.3 Å². The van der Waals surface area contributed by atoms with Crippen LogP contribution in [0, 0.1) is 0 Å². The number of pyridine rings is 1. The van der Waals surface area contributed by atoms with E-state index in [4.69, 9.17) is 9.47 Å². The van der Waals surface area contributed by atoms with Crippen LogP contribution in [-0.4, -0.2) is 24.2 Å². The van der Waals surface area contributed by atoms with Gasteiger partial charge in [-0.3, -0.25) is 4.98 Å². The number of ether oxygens (including phenoxy) is 2. The summed E-state index contributed by atoms with van der Waals surface area (Å²) in [7, 11) is 0. The molecule has 0 bridgehead atoms. The van der Waals surface area contributed by atoms with Gasteiger partial charge in [0.1, 0.15) is 24.2 Å². The fourth-order valence-electron chi connectivity index (χ4n) is 2.39. The maximum absolute atomic E-state index is 5.85. The maximum atomic E-state index is 5.85. The van der Waals surface area contributed by atoms with Crippen LogP contribution in [0.2, 0.25) is 0 Å². The molecule has 0 spiro atoms. The first kappa shape index (κ1) is 13.9. The monoisotopic (exact) mass is 284 g/mol. The van der Waals surface area contributed by atoms with Crippen LogP contribution in [-0.2, 0) is 13.0 Å². The van der Waals surface area contributed by atoms with Gasteiger partial charge in [0, 0.05) is 13.0 Å². The lowest BCUT2D eigenvalue weighted by molar-refractivity contribution is 0.148. The third-order valence-electron chi connectivity index (χ3n) is 3.50. The first-order chi connectivity index (χ1) is 10.3. The molecule has 0 fully saturated rings. The summed E-state index contributed by atoms with van der Waals surface area (Å²) in [6.45, 7) is 4.36. The Bertz CT molecular complexity index is 559. The molecule has 1 atom stereocenters. The number of aromatic nitrogens is 1. The highest BCUT2D eigenvalue weighted by Gasteiger charge is 2.22. The van der Waals surface area contributed by atoms with Gasteiger partial charge in [-0.1, -0.05) is 25.1 Å². The van der Waals surface area contributed by atoms with Gasteiger partial charge in [0.15, 0.2) is 0 Å². The van der Waals surface area contributed by atoms with Crippen molar-refractivity contribution in [2.24, 2.45) is 0 Å². The summed E-state index contributed by atoms with van der Waals surface area (Å²) in [5.74, 6) is 1.76. The molecule has 110 valence electrons. The standard InChI is InChI=1S/C17H20N2O2/c1-2-18-10-14-7-8-15(11-19-14)20-12-16-9-13-5-3-4-6-17(13)21-16/h3-8,11,16,18H,2,9-10,12H2,1H3. The number of nitrogens with one attached hydrogen (secondary N) is 1. The number of hydrogen-bond donors (Lipinski definition) is 1. The third-order valence-corrected chi connectivity index (χ3v) is 3.50. The van der Waals surface area contributed by atoms with E-state index in [2.05, 4.69) is 23.3 Å². The second kappa shape index (κ2) is 6.59. The predicted molar refractivity (Wildman–Crippen MR) is 81.7 cm³/mol. The van der Waals surface area contributed by atoms with Crippen LogP contribution in [0.4, 0.5) is 0 Å². The molecule has 0 saturated heterocycles. The summed E-state index contributed by atoms with van der Waals surface area (Å²) in [5, 5.41) is 3.25. The molecule has 3 rings (SSSR count). The maximum Gasteiger partial charge on any atom is 0.137 e. The highest BCUT2D eigenvalue weighted by atomic mass is 16.5. The van der Waals surface area contributed by atoms with Crippen molar-refractivity contribution < 1.29 is 9.47 Å². The summed E-state index contributed by atoms with van der Waals surface area (Å²) in [4.78, 5) is 4.37. The predicted octanol–water partition coefficient (Wildman–Crippen LogP) is 2.57. The topological polar surface area (TPSA) is 43.4 Å². The summed E-state index contributed by atoms with van der Waals surface area (Å²) in [6.07, 6.45) is 2.76. The van der Waals surface area contributed by atoms with Crippen LogP contribution in [0.15, 0.2) is 42.6 Å². The van der Waals surface area contributed by atoms with Gasteiger partial charge >= 0.3 is 0 Å².